The minimum Gasteiger partial charge on any atom is -0.466 e. The van der Waals surface area contributed by atoms with Gasteiger partial charge in [0.1, 0.15) is 0 Å². The molecule has 3 heteroatoms. The Morgan fingerprint density at radius 2 is 1.65 bits per heavy atom. The van der Waals surface area contributed by atoms with Crippen molar-refractivity contribution in [2.75, 3.05) is 13.7 Å². The standard InChI is InChI=1S/C23H27NO2/c1-4-26-22(25)16-15-21-17-23(18(2)24(21)3,19-11-7-5-8-12-19)20-13-9-6-10-14-20/h5-15,18H,4,16-17H2,1-3H3/b21-15+. The number of allylic oxidation sites excluding steroid dienone is 1. The Bertz CT molecular complexity index is 728. The van der Waals surface area contributed by atoms with Crippen LogP contribution in [0, 0.1) is 0 Å². The smallest absolute Gasteiger partial charge is 0.309 e. The molecule has 0 saturated carbocycles. The number of hydrogen-bond donors (Lipinski definition) is 0. The predicted molar refractivity (Wildman–Crippen MR) is 105 cm³/mol. The molecule has 1 heterocycles. The van der Waals surface area contributed by atoms with Gasteiger partial charge in [0, 0.05) is 30.6 Å². The molecule has 2 aromatic carbocycles. The van der Waals surface area contributed by atoms with Crippen LogP contribution in [0.5, 0.6) is 0 Å². The number of benzene rings is 2. The molecule has 0 aliphatic carbocycles. The fraction of sp³-hybridized carbons (Fsp3) is 0.348. The normalized spacial score (nSPS) is 20.3. The lowest BCUT2D eigenvalue weighted by Crippen LogP contribution is -2.39. The molecule has 1 fully saturated rings. The van der Waals surface area contributed by atoms with Crippen LogP contribution in [-0.4, -0.2) is 30.6 Å². The van der Waals surface area contributed by atoms with Gasteiger partial charge in [-0.05, 0) is 25.0 Å². The number of ether oxygens (including phenoxy) is 1. The highest BCUT2D eigenvalue weighted by Gasteiger charge is 2.48. The second-order valence-corrected chi connectivity index (χ2v) is 6.87. The summed E-state index contributed by atoms with van der Waals surface area (Å²) in [5, 5.41) is 0. The van der Waals surface area contributed by atoms with E-state index in [0.29, 0.717) is 13.0 Å². The van der Waals surface area contributed by atoms with Gasteiger partial charge in [-0.25, -0.2) is 0 Å². The molecule has 0 amide bonds. The summed E-state index contributed by atoms with van der Waals surface area (Å²) in [5.41, 5.74) is 3.69. The SMILES string of the molecule is CCOC(=O)C/C=C1\CC(c2ccccc2)(c2ccccc2)C(C)N1C. The van der Waals surface area contributed by atoms with Crippen molar-refractivity contribution < 1.29 is 9.53 Å². The zero-order valence-corrected chi connectivity index (χ0v) is 15.8. The highest BCUT2D eigenvalue weighted by Crippen LogP contribution is 2.49. The van der Waals surface area contributed by atoms with Crippen LogP contribution in [0.1, 0.15) is 37.8 Å². The Morgan fingerprint density at radius 1 is 1.12 bits per heavy atom. The van der Waals surface area contributed by atoms with Crippen LogP contribution < -0.4 is 0 Å². The minimum absolute atomic E-state index is 0.127. The van der Waals surface area contributed by atoms with Crippen molar-refractivity contribution in [2.24, 2.45) is 0 Å². The molecular formula is C23H27NO2. The maximum absolute atomic E-state index is 11.8. The average molecular weight is 349 g/mol. The van der Waals surface area contributed by atoms with Gasteiger partial charge >= 0.3 is 5.97 Å². The molecule has 136 valence electrons. The van der Waals surface area contributed by atoms with Gasteiger partial charge in [-0.3, -0.25) is 4.79 Å². The predicted octanol–water partition coefficient (Wildman–Crippen LogP) is 4.53. The number of carbonyl (C=O) groups is 1. The van der Waals surface area contributed by atoms with Crippen LogP contribution >= 0.6 is 0 Å². The zero-order valence-electron chi connectivity index (χ0n) is 15.8. The van der Waals surface area contributed by atoms with Crippen molar-refractivity contribution in [1.82, 2.24) is 4.90 Å². The first-order valence-electron chi connectivity index (χ1n) is 9.28. The third-order valence-corrected chi connectivity index (χ3v) is 5.59. The molecule has 26 heavy (non-hydrogen) atoms. The second-order valence-electron chi connectivity index (χ2n) is 6.87. The van der Waals surface area contributed by atoms with Crippen LogP contribution in [-0.2, 0) is 14.9 Å². The zero-order chi connectivity index (χ0) is 18.6. The molecule has 1 saturated heterocycles. The summed E-state index contributed by atoms with van der Waals surface area (Å²) in [5.74, 6) is -0.169. The fourth-order valence-electron chi connectivity index (χ4n) is 4.10. The van der Waals surface area contributed by atoms with Crippen molar-refractivity contribution in [3.8, 4) is 0 Å². The molecule has 0 N–H and O–H groups in total. The maximum atomic E-state index is 11.8. The summed E-state index contributed by atoms with van der Waals surface area (Å²) in [4.78, 5) is 14.1. The number of esters is 1. The van der Waals surface area contributed by atoms with Crippen LogP contribution in [0.3, 0.4) is 0 Å². The van der Waals surface area contributed by atoms with Crippen molar-refractivity contribution >= 4 is 5.97 Å². The highest BCUT2D eigenvalue weighted by molar-refractivity contribution is 5.71. The van der Waals surface area contributed by atoms with Gasteiger partial charge in [0.15, 0.2) is 0 Å². The van der Waals surface area contributed by atoms with E-state index in [1.54, 1.807) is 0 Å². The molecule has 2 aromatic rings. The first kappa shape index (κ1) is 18.2. The van der Waals surface area contributed by atoms with E-state index < -0.39 is 0 Å². The summed E-state index contributed by atoms with van der Waals surface area (Å²) in [7, 11) is 2.12. The Morgan fingerprint density at radius 3 is 2.15 bits per heavy atom. The number of hydrogen-bond acceptors (Lipinski definition) is 3. The molecule has 3 nitrogen and oxygen atoms in total. The van der Waals surface area contributed by atoms with E-state index >= 15 is 0 Å². The van der Waals surface area contributed by atoms with Gasteiger partial charge < -0.3 is 9.64 Å². The fourth-order valence-corrected chi connectivity index (χ4v) is 4.10. The highest BCUT2D eigenvalue weighted by atomic mass is 16.5. The molecule has 1 unspecified atom stereocenters. The first-order valence-corrected chi connectivity index (χ1v) is 9.28. The number of carbonyl (C=O) groups excluding carboxylic acids is 1. The lowest BCUT2D eigenvalue weighted by Gasteiger charge is -2.36. The Kier molecular flexibility index (Phi) is 5.46. The largest absolute Gasteiger partial charge is 0.466 e. The van der Waals surface area contributed by atoms with Gasteiger partial charge in [-0.1, -0.05) is 66.7 Å². The Hall–Kier alpha value is -2.55. The molecule has 1 atom stereocenters. The van der Waals surface area contributed by atoms with Crippen LogP contribution in [0.15, 0.2) is 72.4 Å². The topological polar surface area (TPSA) is 29.5 Å². The van der Waals surface area contributed by atoms with E-state index in [-0.39, 0.29) is 17.4 Å². The Balaban J connectivity index is 2.03. The average Bonchev–Trinajstić information content (AvgIpc) is 2.94. The number of nitrogens with zero attached hydrogens (tertiary/aromatic N) is 1. The molecule has 1 aliphatic heterocycles. The van der Waals surface area contributed by atoms with E-state index in [1.165, 1.54) is 16.8 Å². The Labute approximate surface area is 156 Å². The van der Waals surface area contributed by atoms with Gasteiger partial charge in [0.05, 0.1) is 13.0 Å². The third kappa shape index (κ3) is 3.26. The van der Waals surface area contributed by atoms with Crippen molar-refractivity contribution in [1.29, 1.82) is 0 Å². The van der Waals surface area contributed by atoms with Crippen molar-refractivity contribution in [3.05, 3.63) is 83.6 Å². The number of rotatable bonds is 5. The van der Waals surface area contributed by atoms with Gasteiger partial charge in [0.2, 0.25) is 0 Å². The first-order chi connectivity index (χ1) is 12.6. The number of likely N-dealkylation sites (tertiary alicyclic amines) is 1. The lowest BCUT2D eigenvalue weighted by atomic mass is 9.69. The monoisotopic (exact) mass is 349 g/mol. The maximum Gasteiger partial charge on any atom is 0.309 e. The lowest BCUT2D eigenvalue weighted by molar-refractivity contribution is -0.142. The third-order valence-electron chi connectivity index (χ3n) is 5.59. The second kappa shape index (κ2) is 7.77. The van der Waals surface area contributed by atoms with E-state index in [2.05, 4.69) is 79.5 Å². The van der Waals surface area contributed by atoms with Crippen LogP contribution in [0.25, 0.3) is 0 Å². The van der Waals surface area contributed by atoms with Gasteiger partial charge in [-0.15, -0.1) is 0 Å². The van der Waals surface area contributed by atoms with E-state index in [1.807, 2.05) is 13.0 Å². The summed E-state index contributed by atoms with van der Waals surface area (Å²) in [6.07, 6.45) is 3.22. The minimum atomic E-state index is -0.169. The molecular weight excluding hydrogens is 322 g/mol. The summed E-state index contributed by atoms with van der Waals surface area (Å²) < 4.78 is 5.08. The molecule has 0 radical (unpaired) electrons. The van der Waals surface area contributed by atoms with E-state index in [4.69, 9.17) is 4.74 Å². The molecule has 1 aliphatic rings. The van der Waals surface area contributed by atoms with E-state index in [0.717, 1.165) is 6.42 Å². The molecule has 3 rings (SSSR count). The molecule has 0 spiro atoms. The van der Waals surface area contributed by atoms with Gasteiger partial charge in [0.25, 0.3) is 0 Å². The molecule has 0 bridgehead atoms. The van der Waals surface area contributed by atoms with E-state index in [9.17, 15) is 4.79 Å². The van der Waals surface area contributed by atoms with Crippen molar-refractivity contribution in [3.63, 3.8) is 0 Å². The number of likely N-dealkylation sites (N-methyl/N-ethyl adjacent to an activating group) is 1. The summed E-state index contributed by atoms with van der Waals surface area (Å²) >= 11 is 0. The van der Waals surface area contributed by atoms with Crippen LogP contribution in [0.2, 0.25) is 0 Å². The van der Waals surface area contributed by atoms with Crippen molar-refractivity contribution in [2.45, 2.75) is 38.1 Å². The van der Waals surface area contributed by atoms with Gasteiger partial charge in [-0.2, -0.15) is 0 Å². The molecule has 0 aromatic heterocycles. The summed E-state index contributed by atoms with van der Waals surface area (Å²) in [6, 6.07) is 21.7. The quantitative estimate of drug-likeness (QED) is 0.743. The summed E-state index contributed by atoms with van der Waals surface area (Å²) in [6.45, 7) is 4.53. The van der Waals surface area contributed by atoms with Crippen LogP contribution in [0.4, 0.5) is 0 Å².